The Morgan fingerprint density at radius 2 is 1.41 bits per heavy atom. The van der Waals surface area contributed by atoms with Crippen molar-refractivity contribution >= 4 is 12.1 Å². The molecule has 0 heterocycles. The van der Waals surface area contributed by atoms with Crippen molar-refractivity contribution < 1.29 is 19.1 Å². The highest BCUT2D eigenvalue weighted by Gasteiger charge is 2.32. The molecule has 0 aliphatic heterocycles. The molecule has 5 nitrogen and oxygen atoms in total. The van der Waals surface area contributed by atoms with Crippen molar-refractivity contribution in [3.63, 3.8) is 0 Å². The van der Waals surface area contributed by atoms with E-state index in [4.69, 9.17) is 15.9 Å². The Hall–Kier alpha value is -1.70. The number of amides is 1. The zero-order chi connectivity index (χ0) is 23.3. The normalized spacial score (nSPS) is 15.0. The second-order valence-corrected chi connectivity index (χ2v) is 9.17. The molecule has 0 spiro atoms. The van der Waals surface area contributed by atoms with Gasteiger partial charge in [0.15, 0.2) is 0 Å². The maximum atomic E-state index is 12.7. The summed E-state index contributed by atoms with van der Waals surface area (Å²) in [6, 6.07) is -0.619. The van der Waals surface area contributed by atoms with Crippen LogP contribution in [0.1, 0.15) is 122 Å². The number of unbranched alkanes of at least 4 members (excludes halogenated alkanes) is 11. The average molecular weight is 450 g/mol. The lowest BCUT2D eigenvalue weighted by Crippen LogP contribution is -2.47. The highest BCUT2D eigenvalue weighted by molar-refractivity contribution is 5.81. The molecule has 0 aromatic rings. The first-order chi connectivity index (χ1) is 15.7. The van der Waals surface area contributed by atoms with E-state index in [2.05, 4.69) is 18.2 Å². The molecule has 1 aliphatic carbocycles. The Kier molecular flexibility index (Phi) is 17.7. The van der Waals surface area contributed by atoms with E-state index >= 15 is 0 Å². The zero-order valence-corrected chi connectivity index (χ0v) is 20.5. The minimum absolute atomic E-state index is 0.124. The molecule has 5 heteroatoms. The van der Waals surface area contributed by atoms with Crippen molar-refractivity contribution in [3.8, 4) is 12.3 Å². The van der Waals surface area contributed by atoms with Gasteiger partial charge in [0.2, 0.25) is 0 Å². The molecule has 1 aliphatic rings. The molecule has 1 atom stereocenters. The van der Waals surface area contributed by atoms with Crippen LogP contribution in [0.2, 0.25) is 0 Å². The Bertz CT molecular complexity index is 522. The van der Waals surface area contributed by atoms with Gasteiger partial charge in [-0.15, -0.1) is 12.3 Å². The number of terminal acetylenes is 1. The number of carbonyl (C=O) groups is 2. The molecule has 0 bridgehead atoms. The predicted octanol–water partition coefficient (Wildman–Crippen LogP) is 6.93. The quantitative estimate of drug-likeness (QED) is 0.140. The van der Waals surface area contributed by atoms with Crippen LogP contribution in [0.5, 0.6) is 0 Å². The topological polar surface area (TPSA) is 64.6 Å². The van der Waals surface area contributed by atoms with Crippen molar-refractivity contribution in [1.29, 1.82) is 0 Å². The SMILES string of the molecule is C#CCCOC(=O)NC(C(=O)OCCCCCCCCCCCCCC)C1CCCCC1. The van der Waals surface area contributed by atoms with Crippen LogP contribution in [0.4, 0.5) is 4.79 Å². The van der Waals surface area contributed by atoms with E-state index in [-0.39, 0.29) is 18.5 Å². The van der Waals surface area contributed by atoms with Gasteiger partial charge in [-0.2, -0.15) is 0 Å². The lowest BCUT2D eigenvalue weighted by Gasteiger charge is -2.29. The first kappa shape index (κ1) is 28.3. The van der Waals surface area contributed by atoms with Crippen LogP contribution in [0.25, 0.3) is 0 Å². The van der Waals surface area contributed by atoms with Crippen LogP contribution in [0, 0.1) is 18.3 Å². The Morgan fingerprint density at radius 3 is 1.97 bits per heavy atom. The summed E-state index contributed by atoms with van der Waals surface area (Å²) in [6.45, 7) is 2.84. The minimum Gasteiger partial charge on any atom is -0.464 e. The van der Waals surface area contributed by atoms with Gasteiger partial charge in [0, 0.05) is 6.42 Å². The molecular formula is C27H47NO4. The summed E-state index contributed by atoms with van der Waals surface area (Å²) in [4.78, 5) is 24.7. The Labute approximate surface area is 196 Å². The van der Waals surface area contributed by atoms with Crippen LogP contribution >= 0.6 is 0 Å². The Morgan fingerprint density at radius 1 is 0.844 bits per heavy atom. The van der Waals surface area contributed by atoms with Gasteiger partial charge in [0.25, 0.3) is 0 Å². The minimum atomic E-state index is -0.619. The van der Waals surface area contributed by atoms with Crippen LogP contribution < -0.4 is 5.32 Å². The third-order valence-corrected chi connectivity index (χ3v) is 6.37. The summed E-state index contributed by atoms with van der Waals surface area (Å²) in [5, 5.41) is 2.74. The van der Waals surface area contributed by atoms with E-state index in [1.54, 1.807) is 0 Å². The second-order valence-electron chi connectivity index (χ2n) is 9.17. The molecule has 184 valence electrons. The van der Waals surface area contributed by atoms with Crippen molar-refractivity contribution in [2.24, 2.45) is 5.92 Å². The van der Waals surface area contributed by atoms with Gasteiger partial charge >= 0.3 is 12.1 Å². The summed E-state index contributed by atoms with van der Waals surface area (Å²) < 4.78 is 10.6. The van der Waals surface area contributed by atoms with Crippen LogP contribution in [-0.4, -0.2) is 31.3 Å². The third-order valence-electron chi connectivity index (χ3n) is 6.37. The number of alkyl carbamates (subject to hydrolysis) is 1. The number of nitrogens with one attached hydrogen (secondary N) is 1. The monoisotopic (exact) mass is 449 g/mol. The molecule has 1 fully saturated rings. The molecule has 0 radical (unpaired) electrons. The van der Waals surface area contributed by atoms with E-state index < -0.39 is 12.1 Å². The van der Waals surface area contributed by atoms with E-state index in [1.807, 2.05) is 0 Å². The molecule has 1 unspecified atom stereocenters. The summed E-state index contributed by atoms with van der Waals surface area (Å²) >= 11 is 0. The number of carbonyl (C=O) groups excluding carboxylic acids is 2. The Balaban J connectivity index is 2.16. The molecule has 1 N–H and O–H groups in total. The molecule has 1 saturated carbocycles. The van der Waals surface area contributed by atoms with Gasteiger partial charge < -0.3 is 14.8 Å². The highest BCUT2D eigenvalue weighted by atomic mass is 16.6. The fraction of sp³-hybridized carbons (Fsp3) is 0.852. The summed E-state index contributed by atoms with van der Waals surface area (Å²) in [5.74, 6) is 2.23. The van der Waals surface area contributed by atoms with E-state index in [0.29, 0.717) is 13.0 Å². The first-order valence-corrected chi connectivity index (χ1v) is 13.2. The van der Waals surface area contributed by atoms with Gasteiger partial charge in [-0.3, -0.25) is 0 Å². The number of hydrogen-bond donors (Lipinski definition) is 1. The van der Waals surface area contributed by atoms with Gasteiger partial charge in [0.05, 0.1) is 6.61 Å². The number of hydrogen-bond acceptors (Lipinski definition) is 4. The fourth-order valence-electron chi connectivity index (χ4n) is 4.41. The van der Waals surface area contributed by atoms with Crippen LogP contribution in [0.15, 0.2) is 0 Å². The maximum Gasteiger partial charge on any atom is 0.407 e. The van der Waals surface area contributed by atoms with E-state index in [9.17, 15) is 9.59 Å². The largest absolute Gasteiger partial charge is 0.464 e. The molecule has 0 saturated heterocycles. The molecular weight excluding hydrogens is 402 g/mol. The number of rotatable bonds is 18. The van der Waals surface area contributed by atoms with Crippen molar-refractivity contribution in [2.75, 3.05) is 13.2 Å². The number of ether oxygens (including phenoxy) is 2. The lowest BCUT2D eigenvalue weighted by molar-refractivity contribution is -0.148. The standard InChI is InChI=1S/C27H47NO4/c1-3-5-7-8-9-10-11-12-13-14-15-19-23-31-26(29)25(24-20-17-16-18-21-24)28-27(30)32-22-6-4-2/h2,24-25H,3,5-23H2,1H3,(H,28,30). The summed E-state index contributed by atoms with van der Waals surface area (Å²) in [7, 11) is 0. The second kappa shape index (κ2) is 19.9. The van der Waals surface area contributed by atoms with Gasteiger partial charge in [-0.05, 0) is 25.2 Å². The molecule has 0 aromatic heterocycles. The highest BCUT2D eigenvalue weighted by Crippen LogP contribution is 2.27. The predicted molar refractivity (Wildman–Crippen MR) is 130 cm³/mol. The van der Waals surface area contributed by atoms with Gasteiger partial charge in [-0.25, -0.2) is 9.59 Å². The van der Waals surface area contributed by atoms with Gasteiger partial charge in [0.1, 0.15) is 12.6 Å². The van der Waals surface area contributed by atoms with E-state index in [1.165, 1.54) is 70.6 Å². The van der Waals surface area contributed by atoms with Crippen molar-refractivity contribution in [1.82, 2.24) is 5.32 Å². The smallest absolute Gasteiger partial charge is 0.407 e. The summed E-state index contributed by atoms with van der Waals surface area (Å²) in [6.07, 6.45) is 25.5. The molecule has 0 aromatic carbocycles. The molecule has 1 amide bonds. The lowest BCUT2D eigenvalue weighted by atomic mass is 9.84. The van der Waals surface area contributed by atoms with Crippen molar-refractivity contribution in [3.05, 3.63) is 0 Å². The first-order valence-electron chi connectivity index (χ1n) is 13.2. The van der Waals surface area contributed by atoms with Crippen LogP contribution in [-0.2, 0) is 14.3 Å². The van der Waals surface area contributed by atoms with Crippen molar-refractivity contribution in [2.45, 2.75) is 129 Å². The van der Waals surface area contributed by atoms with E-state index in [0.717, 1.165) is 38.5 Å². The third kappa shape index (κ3) is 14.4. The molecule has 32 heavy (non-hydrogen) atoms. The summed E-state index contributed by atoms with van der Waals surface area (Å²) in [5.41, 5.74) is 0. The zero-order valence-electron chi connectivity index (χ0n) is 20.5. The van der Waals surface area contributed by atoms with Gasteiger partial charge in [-0.1, -0.05) is 96.8 Å². The van der Waals surface area contributed by atoms with Crippen LogP contribution in [0.3, 0.4) is 0 Å². The fourth-order valence-corrected chi connectivity index (χ4v) is 4.41. The molecule has 1 rings (SSSR count). The maximum absolute atomic E-state index is 12.7. The average Bonchev–Trinajstić information content (AvgIpc) is 2.81. The number of esters is 1.